The van der Waals surface area contributed by atoms with Crippen molar-refractivity contribution in [3.8, 4) is 0 Å². The molecule has 3 rings (SSSR count). The second-order valence-corrected chi connectivity index (χ2v) is 5.81. The van der Waals surface area contributed by atoms with Crippen LogP contribution in [0.15, 0.2) is 48.5 Å². The molecule has 0 aromatic heterocycles. The van der Waals surface area contributed by atoms with E-state index in [9.17, 15) is 0 Å². The zero-order valence-corrected chi connectivity index (χ0v) is 14.2. The van der Waals surface area contributed by atoms with Crippen molar-refractivity contribution in [2.75, 3.05) is 17.2 Å². The fourth-order valence-electron chi connectivity index (χ4n) is 2.98. The van der Waals surface area contributed by atoms with Crippen LogP contribution in [0.5, 0.6) is 0 Å². The molecule has 0 amide bonds. The Balaban J connectivity index is 0.000000847. The molecular weight excluding hydrogens is 268 g/mol. The average molecular weight is 296 g/mol. The van der Waals surface area contributed by atoms with Gasteiger partial charge in [0.2, 0.25) is 0 Å². The van der Waals surface area contributed by atoms with Crippen molar-refractivity contribution in [1.82, 2.24) is 0 Å². The lowest BCUT2D eigenvalue weighted by Gasteiger charge is -2.30. The fraction of sp³-hybridized carbons (Fsp3) is 0.400. The van der Waals surface area contributed by atoms with Crippen LogP contribution < -0.4 is 10.6 Å². The molecule has 1 aliphatic rings. The molecule has 0 radical (unpaired) electrons. The van der Waals surface area contributed by atoms with E-state index in [0.29, 0.717) is 0 Å². The van der Waals surface area contributed by atoms with Gasteiger partial charge in [-0.05, 0) is 42.0 Å². The third-order valence-electron chi connectivity index (χ3n) is 4.55. The number of anilines is 3. The van der Waals surface area contributed by atoms with Crippen LogP contribution in [0.1, 0.15) is 46.1 Å². The van der Waals surface area contributed by atoms with Crippen LogP contribution >= 0.6 is 0 Å². The predicted molar refractivity (Wildman–Crippen MR) is 98.3 cm³/mol. The summed E-state index contributed by atoms with van der Waals surface area (Å²) < 4.78 is 0. The predicted octanol–water partition coefficient (Wildman–Crippen LogP) is 5.94. The molecule has 0 saturated carbocycles. The second kappa shape index (κ2) is 7.35. The van der Waals surface area contributed by atoms with Crippen LogP contribution in [0.4, 0.5) is 17.1 Å². The summed E-state index contributed by atoms with van der Waals surface area (Å²) in [4.78, 5) is 0. The summed E-state index contributed by atoms with van der Waals surface area (Å²) in [5.41, 5.74) is 5.19. The Morgan fingerprint density at radius 2 is 1.50 bits per heavy atom. The summed E-state index contributed by atoms with van der Waals surface area (Å²) in [6, 6.07) is 17.1. The molecule has 2 aromatic carbocycles. The first-order valence-corrected chi connectivity index (χ1v) is 8.42. The van der Waals surface area contributed by atoms with Gasteiger partial charge in [0.15, 0.2) is 0 Å². The van der Waals surface area contributed by atoms with Crippen molar-refractivity contribution in [2.24, 2.45) is 0 Å². The SMILES string of the molecule is CC.CCC1(C)CCNc2ccccc2Nc2ccccc21. The summed E-state index contributed by atoms with van der Waals surface area (Å²) in [6.45, 7) is 9.64. The highest BCUT2D eigenvalue weighted by molar-refractivity contribution is 5.76. The van der Waals surface area contributed by atoms with Crippen LogP contribution in [-0.4, -0.2) is 6.54 Å². The molecule has 1 unspecified atom stereocenters. The summed E-state index contributed by atoms with van der Waals surface area (Å²) >= 11 is 0. The highest BCUT2D eigenvalue weighted by Gasteiger charge is 2.27. The van der Waals surface area contributed by atoms with Crippen molar-refractivity contribution in [2.45, 2.75) is 46.0 Å². The van der Waals surface area contributed by atoms with Crippen LogP contribution in [0, 0.1) is 0 Å². The van der Waals surface area contributed by atoms with Gasteiger partial charge in [0.1, 0.15) is 0 Å². The molecule has 0 aliphatic carbocycles. The zero-order chi connectivity index (χ0) is 16.0. The van der Waals surface area contributed by atoms with Gasteiger partial charge < -0.3 is 10.6 Å². The molecule has 2 nitrogen and oxygen atoms in total. The molecule has 1 atom stereocenters. The molecule has 0 bridgehead atoms. The van der Waals surface area contributed by atoms with E-state index in [-0.39, 0.29) is 5.41 Å². The normalized spacial score (nSPS) is 19.6. The third kappa shape index (κ3) is 3.27. The van der Waals surface area contributed by atoms with Crippen molar-refractivity contribution >= 4 is 17.1 Å². The Kier molecular flexibility index (Phi) is 5.48. The summed E-state index contributed by atoms with van der Waals surface area (Å²) in [5, 5.41) is 7.18. The number of hydrogen-bond acceptors (Lipinski definition) is 2. The van der Waals surface area contributed by atoms with Crippen LogP contribution in [-0.2, 0) is 5.41 Å². The topological polar surface area (TPSA) is 24.1 Å². The van der Waals surface area contributed by atoms with Gasteiger partial charge in [-0.3, -0.25) is 0 Å². The maximum Gasteiger partial charge on any atom is 0.0620 e. The van der Waals surface area contributed by atoms with Gasteiger partial charge in [0.25, 0.3) is 0 Å². The second-order valence-electron chi connectivity index (χ2n) is 5.81. The van der Waals surface area contributed by atoms with E-state index < -0.39 is 0 Å². The van der Waals surface area contributed by atoms with Crippen molar-refractivity contribution < 1.29 is 0 Å². The molecule has 0 saturated heterocycles. The first-order chi connectivity index (χ1) is 10.7. The molecule has 22 heavy (non-hydrogen) atoms. The third-order valence-corrected chi connectivity index (χ3v) is 4.55. The lowest BCUT2D eigenvalue weighted by atomic mass is 9.76. The minimum Gasteiger partial charge on any atom is -0.383 e. The molecule has 2 N–H and O–H groups in total. The average Bonchev–Trinajstić information content (AvgIpc) is 2.64. The van der Waals surface area contributed by atoms with E-state index in [0.717, 1.165) is 25.1 Å². The zero-order valence-electron chi connectivity index (χ0n) is 14.2. The number of rotatable bonds is 1. The molecule has 1 heterocycles. The summed E-state index contributed by atoms with van der Waals surface area (Å²) in [6.07, 6.45) is 2.28. The maximum atomic E-state index is 3.61. The smallest absolute Gasteiger partial charge is 0.0620 e. The van der Waals surface area contributed by atoms with Gasteiger partial charge >= 0.3 is 0 Å². The Morgan fingerprint density at radius 1 is 0.909 bits per heavy atom. The van der Waals surface area contributed by atoms with Crippen molar-refractivity contribution in [3.05, 3.63) is 54.1 Å². The van der Waals surface area contributed by atoms with E-state index >= 15 is 0 Å². The first-order valence-electron chi connectivity index (χ1n) is 8.42. The van der Waals surface area contributed by atoms with Crippen LogP contribution in [0.25, 0.3) is 0 Å². The Bertz CT molecular complexity index is 606. The largest absolute Gasteiger partial charge is 0.383 e. The van der Waals surface area contributed by atoms with E-state index in [1.165, 1.54) is 16.9 Å². The minimum atomic E-state index is 0.207. The maximum absolute atomic E-state index is 3.61. The lowest BCUT2D eigenvalue weighted by molar-refractivity contribution is 0.432. The quantitative estimate of drug-likeness (QED) is 0.680. The lowest BCUT2D eigenvalue weighted by Crippen LogP contribution is -2.24. The summed E-state index contributed by atoms with van der Waals surface area (Å²) in [5.74, 6) is 0. The standard InChI is InChI=1S/C18H22N2.C2H6/c1-3-18(2)12-13-19-16-10-6-7-11-17(16)20-15-9-5-4-8-14(15)18;1-2/h4-11,19-20H,3,12-13H2,1-2H3;1-2H3. The molecule has 2 aromatic rings. The highest BCUT2D eigenvalue weighted by Crippen LogP contribution is 2.39. The Morgan fingerprint density at radius 3 is 2.18 bits per heavy atom. The minimum absolute atomic E-state index is 0.207. The van der Waals surface area contributed by atoms with E-state index in [4.69, 9.17) is 0 Å². The molecule has 1 aliphatic heterocycles. The van der Waals surface area contributed by atoms with E-state index in [1.54, 1.807) is 0 Å². The van der Waals surface area contributed by atoms with Gasteiger partial charge in [-0.25, -0.2) is 0 Å². The molecule has 0 fully saturated rings. The fourth-order valence-corrected chi connectivity index (χ4v) is 2.98. The number of nitrogens with one attached hydrogen (secondary N) is 2. The van der Waals surface area contributed by atoms with Gasteiger partial charge in [0.05, 0.1) is 11.4 Å². The Hall–Kier alpha value is -1.96. The molecular formula is C20H28N2. The number of benzene rings is 2. The van der Waals surface area contributed by atoms with Gasteiger partial charge in [-0.2, -0.15) is 0 Å². The van der Waals surface area contributed by atoms with Gasteiger partial charge in [-0.15, -0.1) is 0 Å². The van der Waals surface area contributed by atoms with Gasteiger partial charge in [-0.1, -0.05) is 58.0 Å². The number of para-hydroxylation sites is 3. The molecule has 118 valence electrons. The van der Waals surface area contributed by atoms with Gasteiger partial charge in [0, 0.05) is 12.2 Å². The van der Waals surface area contributed by atoms with E-state index in [2.05, 4.69) is 73.0 Å². The molecule has 2 heteroatoms. The van der Waals surface area contributed by atoms with E-state index in [1.807, 2.05) is 13.8 Å². The monoisotopic (exact) mass is 296 g/mol. The first kappa shape index (κ1) is 16.4. The number of hydrogen-bond donors (Lipinski definition) is 2. The van der Waals surface area contributed by atoms with Crippen LogP contribution in [0.3, 0.4) is 0 Å². The molecule has 0 spiro atoms. The van der Waals surface area contributed by atoms with Crippen molar-refractivity contribution in [3.63, 3.8) is 0 Å². The summed E-state index contributed by atoms with van der Waals surface area (Å²) in [7, 11) is 0. The van der Waals surface area contributed by atoms with Crippen LogP contribution in [0.2, 0.25) is 0 Å². The van der Waals surface area contributed by atoms with Crippen molar-refractivity contribution in [1.29, 1.82) is 0 Å². The number of fused-ring (bicyclic) bond motifs is 2. The Labute approximate surface area is 135 Å². The highest BCUT2D eigenvalue weighted by atomic mass is 15.0.